The SMILES string of the molecule is Cc1ccccc1C(C)NC(=O)N1CCC(O)(C(F)(F)F)CC1. The van der Waals surface area contributed by atoms with Gasteiger partial charge in [-0.05, 0) is 25.0 Å². The van der Waals surface area contributed by atoms with Gasteiger partial charge in [0.05, 0.1) is 6.04 Å². The maximum atomic E-state index is 12.8. The van der Waals surface area contributed by atoms with Crippen molar-refractivity contribution in [2.45, 2.75) is 44.5 Å². The molecule has 2 N–H and O–H groups in total. The number of benzene rings is 1. The summed E-state index contributed by atoms with van der Waals surface area (Å²) in [5.41, 5.74) is -0.694. The molecule has 0 aliphatic carbocycles. The monoisotopic (exact) mass is 330 g/mol. The Morgan fingerprint density at radius 2 is 1.87 bits per heavy atom. The number of urea groups is 1. The molecule has 7 heteroatoms. The lowest BCUT2D eigenvalue weighted by Gasteiger charge is -2.39. The smallest absolute Gasteiger partial charge is 0.380 e. The molecule has 4 nitrogen and oxygen atoms in total. The predicted octanol–water partition coefficient (Wildman–Crippen LogP) is 3.15. The van der Waals surface area contributed by atoms with Crippen molar-refractivity contribution in [3.05, 3.63) is 35.4 Å². The maximum absolute atomic E-state index is 12.8. The van der Waals surface area contributed by atoms with Gasteiger partial charge in [-0.15, -0.1) is 0 Å². The van der Waals surface area contributed by atoms with E-state index in [1.165, 1.54) is 4.90 Å². The van der Waals surface area contributed by atoms with Crippen LogP contribution in [0.4, 0.5) is 18.0 Å². The largest absolute Gasteiger partial charge is 0.417 e. The number of nitrogens with one attached hydrogen (secondary N) is 1. The van der Waals surface area contributed by atoms with E-state index in [9.17, 15) is 23.1 Å². The molecule has 0 bridgehead atoms. The molecule has 23 heavy (non-hydrogen) atoms. The second-order valence-electron chi connectivity index (χ2n) is 6.04. The lowest BCUT2D eigenvalue weighted by molar-refractivity contribution is -0.271. The van der Waals surface area contributed by atoms with E-state index in [1.807, 2.05) is 38.1 Å². The van der Waals surface area contributed by atoms with E-state index >= 15 is 0 Å². The van der Waals surface area contributed by atoms with Crippen LogP contribution < -0.4 is 5.32 Å². The molecule has 0 spiro atoms. The third-order valence-electron chi connectivity index (χ3n) is 4.40. The summed E-state index contributed by atoms with van der Waals surface area (Å²) < 4.78 is 38.3. The van der Waals surface area contributed by atoms with Crippen LogP contribution in [-0.2, 0) is 0 Å². The first-order valence-electron chi connectivity index (χ1n) is 7.54. The van der Waals surface area contributed by atoms with Crippen molar-refractivity contribution in [1.29, 1.82) is 0 Å². The number of likely N-dealkylation sites (tertiary alicyclic amines) is 1. The summed E-state index contributed by atoms with van der Waals surface area (Å²) in [6, 6.07) is 6.95. The van der Waals surface area contributed by atoms with Gasteiger partial charge in [0.1, 0.15) is 0 Å². The van der Waals surface area contributed by atoms with Gasteiger partial charge in [-0.25, -0.2) is 4.79 Å². The number of carbonyl (C=O) groups is 1. The van der Waals surface area contributed by atoms with Crippen LogP contribution in [0.3, 0.4) is 0 Å². The summed E-state index contributed by atoms with van der Waals surface area (Å²) in [7, 11) is 0. The molecular weight excluding hydrogens is 309 g/mol. The first kappa shape index (κ1) is 17.6. The zero-order valence-corrected chi connectivity index (χ0v) is 13.2. The Morgan fingerprint density at radius 1 is 1.30 bits per heavy atom. The van der Waals surface area contributed by atoms with Crippen molar-refractivity contribution in [3.63, 3.8) is 0 Å². The van der Waals surface area contributed by atoms with E-state index in [1.54, 1.807) is 0 Å². The summed E-state index contributed by atoms with van der Waals surface area (Å²) in [5.74, 6) is 0. The first-order valence-corrected chi connectivity index (χ1v) is 7.54. The lowest BCUT2D eigenvalue weighted by atomic mass is 9.91. The Kier molecular flexibility index (Phi) is 4.89. The normalized spacial score (nSPS) is 19.3. The first-order chi connectivity index (χ1) is 10.6. The number of amides is 2. The summed E-state index contributed by atoms with van der Waals surface area (Å²) in [6.45, 7) is 3.52. The van der Waals surface area contributed by atoms with E-state index < -0.39 is 30.7 Å². The van der Waals surface area contributed by atoms with E-state index in [2.05, 4.69) is 5.32 Å². The highest BCUT2D eigenvalue weighted by Gasteiger charge is 2.54. The Hall–Kier alpha value is -1.76. The summed E-state index contributed by atoms with van der Waals surface area (Å²) in [4.78, 5) is 13.5. The van der Waals surface area contributed by atoms with Gasteiger partial charge in [0.25, 0.3) is 0 Å². The Labute approximate surface area is 133 Å². The second kappa shape index (κ2) is 6.39. The van der Waals surface area contributed by atoms with Crippen LogP contribution in [0.5, 0.6) is 0 Å². The molecule has 1 unspecified atom stereocenters. The highest BCUT2D eigenvalue weighted by molar-refractivity contribution is 5.75. The maximum Gasteiger partial charge on any atom is 0.417 e. The topological polar surface area (TPSA) is 52.6 Å². The van der Waals surface area contributed by atoms with Crippen molar-refractivity contribution in [1.82, 2.24) is 10.2 Å². The van der Waals surface area contributed by atoms with Crippen molar-refractivity contribution in [2.24, 2.45) is 0 Å². The molecular formula is C16H21F3N2O2. The molecule has 2 rings (SSSR count). The molecule has 0 aromatic heterocycles. The number of hydrogen-bond donors (Lipinski definition) is 2. The number of alkyl halides is 3. The van der Waals surface area contributed by atoms with E-state index in [4.69, 9.17) is 0 Å². The number of nitrogens with zero attached hydrogens (tertiary/aromatic N) is 1. The van der Waals surface area contributed by atoms with Gasteiger partial charge in [-0.3, -0.25) is 0 Å². The molecule has 128 valence electrons. The molecule has 1 aliphatic rings. The highest BCUT2D eigenvalue weighted by atomic mass is 19.4. The molecule has 1 aliphatic heterocycles. The molecule has 1 aromatic carbocycles. The fraction of sp³-hybridized carbons (Fsp3) is 0.562. The van der Waals surface area contributed by atoms with Crippen LogP contribution in [-0.4, -0.2) is 40.9 Å². The summed E-state index contributed by atoms with van der Waals surface area (Å²) >= 11 is 0. The minimum Gasteiger partial charge on any atom is -0.380 e. The summed E-state index contributed by atoms with van der Waals surface area (Å²) in [5, 5.41) is 12.4. The van der Waals surface area contributed by atoms with Crippen LogP contribution in [0.15, 0.2) is 24.3 Å². The molecule has 2 amide bonds. The van der Waals surface area contributed by atoms with Crippen LogP contribution in [0.1, 0.15) is 36.9 Å². The fourth-order valence-corrected chi connectivity index (χ4v) is 2.79. The van der Waals surface area contributed by atoms with Gasteiger partial charge >= 0.3 is 12.2 Å². The zero-order chi connectivity index (χ0) is 17.3. The van der Waals surface area contributed by atoms with E-state index in [0.717, 1.165) is 11.1 Å². The number of hydrogen-bond acceptors (Lipinski definition) is 2. The van der Waals surface area contributed by atoms with Gasteiger partial charge in [0.15, 0.2) is 5.60 Å². The molecule has 0 radical (unpaired) electrons. The standard InChI is InChI=1S/C16H21F3N2O2/c1-11-5-3-4-6-13(11)12(2)20-14(22)21-9-7-15(23,8-10-21)16(17,18)19/h3-6,12,23H,7-10H2,1-2H3,(H,20,22). The molecule has 1 saturated heterocycles. The minimum absolute atomic E-state index is 0.123. The number of carbonyl (C=O) groups excluding carboxylic acids is 1. The van der Waals surface area contributed by atoms with Crippen LogP contribution in [0.25, 0.3) is 0 Å². The Morgan fingerprint density at radius 3 is 2.39 bits per heavy atom. The second-order valence-corrected chi connectivity index (χ2v) is 6.04. The third-order valence-corrected chi connectivity index (χ3v) is 4.40. The third kappa shape index (κ3) is 3.77. The molecule has 1 atom stereocenters. The van der Waals surface area contributed by atoms with Crippen molar-refractivity contribution < 1.29 is 23.1 Å². The van der Waals surface area contributed by atoms with Gasteiger partial charge in [-0.1, -0.05) is 24.3 Å². The predicted molar refractivity (Wildman–Crippen MR) is 79.9 cm³/mol. The average molecular weight is 330 g/mol. The average Bonchev–Trinajstić information content (AvgIpc) is 2.47. The Balaban J connectivity index is 1.95. The fourth-order valence-electron chi connectivity index (χ4n) is 2.79. The van der Waals surface area contributed by atoms with Gasteiger partial charge < -0.3 is 15.3 Å². The van der Waals surface area contributed by atoms with E-state index in [0.29, 0.717) is 0 Å². The van der Waals surface area contributed by atoms with Crippen LogP contribution in [0.2, 0.25) is 0 Å². The van der Waals surface area contributed by atoms with Crippen LogP contribution >= 0.6 is 0 Å². The number of halogens is 3. The van der Waals surface area contributed by atoms with Gasteiger partial charge in [-0.2, -0.15) is 13.2 Å². The van der Waals surface area contributed by atoms with Crippen molar-refractivity contribution in [2.75, 3.05) is 13.1 Å². The molecule has 1 fully saturated rings. The van der Waals surface area contributed by atoms with Gasteiger partial charge in [0, 0.05) is 25.9 Å². The lowest BCUT2D eigenvalue weighted by Crippen LogP contribution is -2.56. The Bertz CT molecular complexity index is 567. The highest BCUT2D eigenvalue weighted by Crippen LogP contribution is 2.38. The quantitative estimate of drug-likeness (QED) is 0.875. The van der Waals surface area contributed by atoms with Crippen molar-refractivity contribution in [3.8, 4) is 0 Å². The molecule has 1 heterocycles. The number of aryl methyl sites for hydroxylation is 1. The zero-order valence-electron chi connectivity index (χ0n) is 13.2. The number of rotatable bonds is 2. The van der Waals surface area contributed by atoms with Gasteiger partial charge in [0.2, 0.25) is 0 Å². The minimum atomic E-state index is -4.66. The van der Waals surface area contributed by atoms with E-state index in [-0.39, 0.29) is 19.1 Å². The van der Waals surface area contributed by atoms with Crippen LogP contribution in [0, 0.1) is 6.92 Å². The number of aliphatic hydroxyl groups is 1. The molecule has 0 saturated carbocycles. The molecule has 1 aromatic rings. The van der Waals surface area contributed by atoms with Crippen molar-refractivity contribution >= 4 is 6.03 Å². The number of piperidine rings is 1. The summed E-state index contributed by atoms with van der Waals surface area (Å²) in [6.07, 6.45) is -5.66.